The van der Waals surface area contributed by atoms with Crippen molar-refractivity contribution in [1.82, 2.24) is 0 Å². The van der Waals surface area contributed by atoms with Gasteiger partial charge in [-0.2, -0.15) is 5.26 Å². The number of anilines is 2. The molecule has 0 spiro atoms. The van der Waals surface area contributed by atoms with Crippen molar-refractivity contribution >= 4 is 40.5 Å². The van der Waals surface area contributed by atoms with Gasteiger partial charge in [0.2, 0.25) is 0 Å². The fraction of sp³-hybridized carbons (Fsp3) is 0.111. The third kappa shape index (κ3) is 4.29. The summed E-state index contributed by atoms with van der Waals surface area (Å²) in [6, 6.07) is 12.3. The number of nitrogens with one attached hydrogen (secondary N) is 2. The number of carbonyl (C=O) groups excluding carboxylic acids is 1. The summed E-state index contributed by atoms with van der Waals surface area (Å²) in [6.45, 7) is 3.95. The molecule has 0 aliphatic carbocycles. The molecule has 1 amide bonds. The van der Waals surface area contributed by atoms with Crippen molar-refractivity contribution in [3.63, 3.8) is 0 Å². The van der Waals surface area contributed by atoms with E-state index >= 15 is 0 Å². The lowest BCUT2D eigenvalue weighted by atomic mass is 10.1. The van der Waals surface area contributed by atoms with E-state index in [1.165, 1.54) is 12.3 Å². The van der Waals surface area contributed by atoms with E-state index in [9.17, 15) is 10.1 Å². The molecule has 0 radical (unpaired) electrons. The van der Waals surface area contributed by atoms with Gasteiger partial charge in [0.1, 0.15) is 11.6 Å². The maximum absolute atomic E-state index is 12.2. The van der Waals surface area contributed by atoms with E-state index in [1.54, 1.807) is 12.1 Å². The largest absolute Gasteiger partial charge is 0.360 e. The molecule has 0 aliphatic rings. The van der Waals surface area contributed by atoms with Gasteiger partial charge in [0.15, 0.2) is 0 Å². The van der Waals surface area contributed by atoms with Crippen LogP contribution in [-0.4, -0.2) is 5.91 Å². The van der Waals surface area contributed by atoms with Crippen LogP contribution in [0, 0.1) is 25.2 Å². The monoisotopic (exact) mass is 359 g/mol. The highest BCUT2D eigenvalue weighted by Crippen LogP contribution is 2.26. The smallest absolute Gasteiger partial charge is 0.267 e. The first-order valence-corrected chi connectivity index (χ1v) is 7.87. The highest BCUT2D eigenvalue weighted by atomic mass is 35.5. The zero-order valence-corrected chi connectivity index (χ0v) is 14.7. The Bertz CT molecular complexity index is 854. The molecule has 0 unspecified atom stereocenters. The van der Waals surface area contributed by atoms with Gasteiger partial charge in [-0.15, -0.1) is 0 Å². The summed E-state index contributed by atoms with van der Waals surface area (Å²) >= 11 is 11.9. The highest BCUT2D eigenvalue weighted by molar-refractivity contribution is 6.35. The Morgan fingerprint density at radius 3 is 2.62 bits per heavy atom. The van der Waals surface area contributed by atoms with Crippen LogP contribution in [0.15, 0.2) is 48.2 Å². The molecule has 2 rings (SSSR count). The van der Waals surface area contributed by atoms with Crippen LogP contribution >= 0.6 is 23.2 Å². The minimum Gasteiger partial charge on any atom is -0.360 e. The summed E-state index contributed by atoms with van der Waals surface area (Å²) in [4.78, 5) is 12.2. The van der Waals surface area contributed by atoms with Gasteiger partial charge in [0, 0.05) is 16.9 Å². The van der Waals surface area contributed by atoms with E-state index < -0.39 is 5.91 Å². The molecule has 0 saturated heterocycles. The first kappa shape index (κ1) is 17.9. The molecule has 4 nitrogen and oxygen atoms in total. The van der Waals surface area contributed by atoms with E-state index in [2.05, 4.69) is 10.6 Å². The molecule has 6 heteroatoms. The number of amides is 1. The van der Waals surface area contributed by atoms with Crippen molar-refractivity contribution in [1.29, 1.82) is 5.26 Å². The normalized spacial score (nSPS) is 10.9. The number of nitrogens with zero attached hydrogens (tertiary/aromatic N) is 1. The number of halogens is 2. The molecular formula is C18H15Cl2N3O. The summed E-state index contributed by atoms with van der Waals surface area (Å²) in [5.74, 6) is -0.570. The molecule has 2 aromatic carbocycles. The van der Waals surface area contributed by atoms with Crippen molar-refractivity contribution in [2.45, 2.75) is 13.8 Å². The lowest BCUT2D eigenvalue weighted by Crippen LogP contribution is -2.15. The van der Waals surface area contributed by atoms with Crippen molar-refractivity contribution in [2.24, 2.45) is 0 Å². The van der Waals surface area contributed by atoms with Crippen LogP contribution in [-0.2, 0) is 4.79 Å². The molecule has 0 saturated carbocycles. The number of aryl methyl sites for hydroxylation is 1. The second-order valence-corrected chi connectivity index (χ2v) is 5.98. The molecule has 2 N–H and O–H groups in total. The maximum Gasteiger partial charge on any atom is 0.267 e. The summed E-state index contributed by atoms with van der Waals surface area (Å²) in [7, 11) is 0. The topological polar surface area (TPSA) is 64.9 Å². The third-order valence-electron chi connectivity index (χ3n) is 3.52. The molecule has 0 heterocycles. The fourth-order valence-electron chi connectivity index (χ4n) is 1.99. The van der Waals surface area contributed by atoms with E-state index in [0.29, 0.717) is 15.7 Å². The molecule has 0 fully saturated rings. The van der Waals surface area contributed by atoms with Gasteiger partial charge in [-0.1, -0.05) is 35.3 Å². The first-order chi connectivity index (χ1) is 11.4. The molecular weight excluding hydrogens is 345 g/mol. The van der Waals surface area contributed by atoms with Crippen molar-refractivity contribution in [3.05, 3.63) is 69.3 Å². The Morgan fingerprint density at radius 1 is 1.17 bits per heavy atom. The van der Waals surface area contributed by atoms with Crippen LogP contribution in [0.25, 0.3) is 0 Å². The number of benzene rings is 2. The second kappa shape index (κ2) is 7.87. The summed E-state index contributed by atoms with van der Waals surface area (Å²) in [5, 5.41) is 15.6. The molecule has 24 heavy (non-hydrogen) atoms. The van der Waals surface area contributed by atoms with Gasteiger partial charge in [0.25, 0.3) is 5.91 Å². The molecule has 0 bridgehead atoms. The molecule has 0 atom stereocenters. The summed E-state index contributed by atoms with van der Waals surface area (Å²) < 4.78 is 0. The standard InChI is InChI=1S/C18H15Cl2N3O/c1-11-4-3-5-16(12(11)2)22-10-13(9-21)18(24)23-17-8-14(19)6-7-15(17)20/h3-8,10,22H,1-2H3,(H,23,24)/b13-10-. The average molecular weight is 360 g/mol. The quantitative estimate of drug-likeness (QED) is 0.591. The Kier molecular flexibility index (Phi) is 5.86. The number of rotatable bonds is 4. The zero-order valence-electron chi connectivity index (χ0n) is 13.2. The third-order valence-corrected chi connectivity index (χ3v) is 4.08. The Morgan fingerprint density at radius 2 is 1.92 bits per heavy atom. The molecule has 0 aliphatic heterocycles. The van der Waals surface area contributed by atoms with Crippen molar-refractivity contribution in [2.75, 3.05) is 10.6 Å². The summed E-state index contributed by atoms with van der Waals surface area (Å²) in [6.07, 6.45) is 1.37. The van der Waals surface area contributed by atoms with E-state index in [1.807, 2.05) is 38.1 Å². The highest BCUT2D eigenvalue weighted by Gasteiger charge is 2.12. The lowest BCUT2D eigenvalue weighted by Gasteiger charge is -2.09. The van der Waals surface area contributed by atoms with Gasteiger partial charge in [-0.05, 0) is 49.2 Å². The zero-order chi connectivity index (χ0) is 17.7. The number of carbonyl (C=O) groups is 1. The molecule has 0 aromatic heterocycles. The first-order valence-electron chi connectivity index (χ1n) is 7.12. The van der Waals surface area contributed by atoms with E-state index in [-0.39, 0.29) is 5.57 Å². The predicted octanol–water partition coefficient (Wildman–Crippen LogP) is 5.07. The molecule has 2 aromatic rings. The van der Waals surface area contributed by atoms with Crippen LogP contribution < -0.4 is 10.6 Å². The maximum atomic E-state index is 12.2. The van der Waals surface area contributed by atoms with Crippen LogP contribution in [0.3, 0.4) is 0 Å². The summed E-state index contributed by atoms with van der Waals surface area (Å²) in [5.41, 5.74) is 3.26. The SMILES string of the molecule is Cc1cccc(N/C=C(/C#N)C(=O)Nc2cc(Cl)ccc2Cl)c1C. The fourth-order valence-corrected chi connectivity index (χ4v) is 2.33. The minimum absolute atomic E-state index is 0.0769. The average Bonchev–Trinajstić information content (AvgIpc) is 2.55. The number of hydrogen-bond donors (Lipinski definition) is 2. The van der Waals surface area contributed by atoms with E-state index in [4.69, 9.17) is 23.2 Å². The van der Waals surface area contributed by atoms with Crippen molar-refractivity contribution in [3.8, 4) is 6.07 Å². The van der Waals surface area contributed by atoms with Crippen molar-refractivity contribution < 1.29 is 4.79 Å². The Hall–Kier alpha value is -2.48. The predicted molar refractivity (Wildman–Crippen MR) is 98.3 cm³/mol. The Labute approximate surface area is 150 Å². The number of hydrogen-bond acceptors (Lipinski definition) is 3. The van der Waals surface area contributed by atoms with Crippen LogP contribution in [0.5, 0.6) is 0 Å². The van der Waals surface area contributed by atoms with Gasteiger partial charge < -0.3 is 10.6 Å². The Balaban J connectivity index is 2.18. The van der Waals surface area contributed by atoms with Crippen LogP contribution in [0.1, 0.15) is 11.1 Å². The van der Waals surface area contributed by atoms with E-state index in [0.717, 1.165) is 16.8 Å². The van der Waals surface area contributed by atoms with Gasteiger partial charge in [0.05, 0.1) is 10.7 Å². The molecule has 122 valence electrons. The lowest BCUT2D eigenvalue weighted by molar-refractivity contribution is -0.112. The van der Waals surface area contributed by atoms with Gasteiger partial charge >= 0.3 is 0 Å². The number of nitriles is 1. The minimum atomic E-state index is -0.570. The second-order valence-electron chi connectivity index (χ2n) is 5.14. The van der Waals surface area contributed by atoms with Gasteiger partial charge in [-0.3, -0.25) is 4.79 Å². The van der Waals surface area contributed by atoms with Gasteiger partial charge in [-0.25, -0.2) is 0 Å². The van der Waals surface area contributed by atoms with Crippen LogP contribution in [0.4, 0.5) is 11.4 Å². The van der Waals surface area contributed by atoms with Crippen LogP contribution in [0.2, 0.25) is 10.0 Å².